The molecule has 4 nitrogen and oxygen atoms in total. The van der Waals surface area contributed by atoms with Crippen molar-refractivity contribution in [3.8, 4) is 0 Å². The van der Waals surface area contributed by atoms with E-state index >= 15 is 0 Å². The van der Waals surface area contributed by atoms with Gasteiger partial charge in [-0.2, -0.15) is 0 Å². The Labute approximate surface area is 166 Å². The third-order valence-corrected chi connectivity index (χ3v) is 4.91. The van der Waals surface area contributed by atoms with E-state index in [1.54, 1.807) is 6.07 Å². The van der Waals surface area contributed by atoms with Gasteiger partial charge in [-0.1, -0.05) is 44.9 Å². The van der Waals surface area contributed by atoms with Crippen molar-refractivity contribution in [2.75, 3.05) is 6.54 Å². The van der Waals surface area contributed by atoms with Crippen LogP contribution < -0.4 is 0 Å². The number of nitrogens with zero attached hydrogens (tertiary/aromatic N) is 3. The van der Waals surface area contributed by atoms with Gasteiger partial charge in [-0.05, 0) is 43.2 Å². The summed E-state index contributed by atoms with van der Waals surface area (Å²) in [5.74, 6) is 0.553. The van der Waals surface area contributed by atoms with E-state index in [-0.39, 0.29) is 11.7 Å². The summed E-state index contributed by atoms with van der Waals surface area (Å²) >= 11 is 0. The number of halogens is 1. The molecule has 148 valence electrons. The summed E-state index contributed by atoms with van der Waals surface area (Å²) in [6, 6.07) is 14.0. The van der Waals surface area contributed by atoms with Crippen molar-refractivity contribution in [2.45, 2.75) is 52.6 Å². The minimum Gasteiger partial charge on any atom is -0.331 e. The lowest BCUT2D eigenvalue weighted by molar-refractivity contribution is 0.0734. The van der Waals surface area contributed by atoms with Crippen molar-refractivity contribution in [3.05, 3.63) is 65.7 Å². The van der Waals surface area contributed by atoms with Gasteiger partial charge in [0.05, 0.1) is 17.6 Å². The maximum Gasteiger partial charge on any atom is 0.254 e. The minimum atomic E-state index is -0.267. The molecule has 0 fully saturated rings. The van der Waals surface area contributed by atoms with Crippen LogP contribution in [0.4, 0.5) is 4.39 Å². The maximum atomic E-state index is 13.8. The van der Waals surface area contributed by atoms with E-state index in [0.29, 0.717) is 18.7 Å². The lowest BCUT2D eigenvalue weighted by Gasteiger charge is -2.23. The van der Waals surface area contributed by atoms with Gasteiger partial charge in [0.1, 0.15) is 11.6 Å². The molecule has 5 heteroatoms. The Kier molecular flexibility index (Phi) is 6.80. The summed E-state index contributed by atoms with van der Waals surface area (Å²) in [6.07, 6.45) is 4.05. The molecule has 2 aromatic carbocycles. The van der Waals surface area contributed by atoms with Crippen LogP contribution in [0.5, 0.6) is 0 Å². The Morgan fingerprint density at radius 3 is 2.57 bits per heavy atom. The van der Waals surface area contributed by atoms with E-state index in [4.69, 9.17) is 4.98 Å². The average Bonchev–Trinajstić information content (AvgIpc) is 3.04. The van der Waals surface area contributed by atoms with E-state index in [1.807, 2.05) is 39.8 Å². The van der Waals surface area contributed by atoms with Crippen LogP contribution >= 0.6 is 0 Å². The molecule has 3 rings (SSSR count). The third-order valence-electron chi connectivity index (χ3n) is 4.91. The number of carbonyl (C=O) groups is 1. The number of amides is 1. The first kappa shape index (κ1) is 20.1. The van der Waals surface area contributed by atoms with Crippen molar-refractivity contribution in [3.63, 3.8) is 0 Å². The second kappa shape index (κ2) is 9.49. The number of unbranched alkanes of at least 4 members (excludes halogenated alkanes) is 2. The molecular formula is C23H28FN3O. The Bertz CT molecular complexity index is 920. The van der Waals surface area contributed by atoms with Gasteiger partial charge in [0, 0.05) is 18.7 Å². The number of benzene rings is 2. The topological polar surface area (TPSA) is 38.1 Å². The molecule has 0 N–H and O–H groups in total. The van der Waals surface area contributed by atoms with Crippen LogP contribution in [0.3, 0.4) is 0 Å². The fraction of sp³-hybridized carbons (Fsp3) is 0.391. The molecule has 0 saturated carbocycles. The molecular weight excluding hydrogens is 353 g/mol. The van der Waals surface area contributed by atoms with Crippen LogP contribution in [0.1, 0.15) is 55.7 Å². The van der Waals surface area contributed by atoms with Crippen molar-refractivity contribution in [2.24, 2.45) is 0 Å². The number of imidazole rings is 1. The van der Waals surface area contributed by atoms with E-state index < -0.39 is 0 Å². The fourth-order valence-electron chi connectivity index (χ4n) is 3.48. The lowest BCUT2D eigenvalue weighted by Crippen LogP contribution is -2.32. The van der Waals surface area contributed by atoms with Gasteiger partial charge in [-0.25, -0.2) is 9.37 Å². The van der Waals surface area contributed by atoms with Gasteiger partial charge in [-0.15, -0.1) is 0 Å². The number of fused-ring (bicyclic) bond motifs is 1. The molecule has 0 saturated heterocycles. The van der Waals surface area contributed by atoms with Gasteiger partial charge >= 0.3 is 0 Å². The number of aromatic nitrogens is 2. The number of hydrogen-bond acceptors (Lipinski definition) is 2. The number of aryl methyl sites for hydroxylation is 1. The van der Waals surface area contributed by atoms with Gasteiger partial charge in [0.2, 0.25) is 0 Å². The third kappa shape index (κ3) is 4.58. The molecule has 3 aromatic rings. The van der Waals surface area contributed by atoms with Crippen LogP contribution in [0.2, 0.25) is 0 Å². The minimum absolute atomic E-state index is 0.0120. The van der Waals surface area contributed by atoms with E-state index in [1.165, 1.54) is 12.1 Å². The Hall–Kier alpha value is -2.69. The fourth-order valence-corrected chi connectivity index (χ4v) is 3.48. The first-order chi connectivity index (χ1) is 13.6. The average molecular weight is 381 g/mol. The van der Waals surface area contributed by atoms with Crippen LogP contribution in [-0.2, 0) is 13.1 Å². The van der Waals surface area contributed by atoms with Gasteiger partial charge in [0.15, 0.2) is 0 Å². The van der Waals surface area contributed by atoms with Crippen LogP contribution in [0.15, 0.2) is 48.5 Å². The predicted molar refractivity (Wildman–Crippen MR) is 111 cm³/mol. The first-order valence-electron chi connectivity index (χ1n) is 10.1. The molecule has 0 aliphatic heterocycles. The molecule has 0 unspecified atom stereocenters. The quantitative estimate of drug-likeness (QED) is 0.464. The molecule has 0 bridgehead atoms. The van der Waals surface area contributed by atoms with Crippen molar-refractivity contribution < 1.29 is 9.18 Å². The van der Waals surface area contributed by atoms with Crippen LogP contribution in [-0.4, -0.2) is 26.9 Å². The molecule has 0 spiro atoms. The van der Waals surface area contributed by atoms with Gasteiger partial charge in [-0.3, -0.25) is 4.79 Å². The lowest BCUT2D eigenvalue weighted by atomic mass is 10.1. The predicted octanol–water partition coefficient (Wildman–Crippen LogP) is 5.42. The zero-order valence-electron chi connectivity index (χ0n) is 16.7. The zero-order chi connectivity index (χ0) is 19.9. The number of rotatable bonds is 9. The maximum absolute atomic E-state index is 13.8. The molecule has 0 radical (unpaired) electrons. The molecule has 0 aliphatic rings. The highest BCUT2D eigenvalue weighted by atomic mass is 19.1. The Morgan fingerprint density at radius 1 is 1.07 bits per heavy atom. The van der Waals surface area contributed by atoms with Gasteiger partial charge in [0.25, 0.3) is 5.91 Å². The number of carbonyl (C=O) groups excluding carboxylic acids is 1. The summed E-state index contributed by atoms with van der Waals surface area (Å²) in [5, 5.41) is 0. The van der Waals surface area contributed by atoms with E-state index in [2.05, 4.69) is 13.8 Å². The Morgan fingerprint density at radius 2 is 1.86 bits per heavy atom. The number of hydrogen-bond donors (Lipinski definition) is 0. The van der Waals surface area contributed by atoms with Crippen LogP contribution in [0, 0.1) is 5.82 Å². The highest BCUT2D eigenvalue weighted by Gasteiger charge is 2.20. The van der Waals surface area contributed by atoms with Crippen molar-refractivity contribution in [1.29, 1.82) is 0 Å². The monoisotopic (exact) mass is 381 g/mol. The molecule has 28 heavy (non-hydrogen) atoms. The summed E-state index contributed by atoms with van der Waals surface area (Å²) < 4.78 is 15.8. The second-order valence-electron chi connectivity index (χ2n) is 7.11. The standard InChI is InChI=1S/C23H28FN3O/c1-3-5-9-15-26(23(28)18-10-7-6-8-11-18)17-22-25-20-13-12-19(24)16-21(20)27(22)14-4-2/h6-8,10-13,16H,3-5,9,14-15,17H2,1-2H3. The summed E-state index contributed by atoms with van der Waals surface area (Å²) in [6.45, 7) is 6.10. The molecule has 0 atom stereocenters. The molecule has 1 aromatic heterocycles. The molecule has 1 heterocycles. The summed E-state index contributed by atoms with van der Waals surface area (Å²) in [5.41, 5.74) is 2.24. The highest BCUT2D eigenvalue weighted by molar-refractivity contribution is 5.94. The van der Waals surface area contributed by atoms with E-state index in [9.17, 15) is 9.18 Å². The zero-order valence-corrected chi connectivity index (χ0v) is 16.7. The summed E-state index contributed by atoms with van der Waals surface area (Å²) in [4.78, 5) is 19.7. The molecule has 1 amide bonds. The highest BCUT2D eigenvalue weighted by Crippen LogP contribution is 2.20. The first-order valence-corrected chi connectivity index (χ1v) is 10.1. The second-order valence-corrected chi connectivity index (χ2v) is 7.11. The summed E-state index contributed by atoms with van der Waals surface area (Å²) in [7, 11) is 0. The van der Waals surface area contributed by atoms with Crippen molar-refractivity contribution >= 4 is 16.9 Å². The van der Waals surface area contributed by atoms with Gasteiger partial charge < -0.3 is 9.47 Å². The SMILES string of the molecule is CCCCCN(Cc1nc2ccc(F)cc2n1CCC)C(=O)c1ccccc1. The van der Waals surface area contributed by atoms with Crippen molar-refractivity contribution in [1.82, 2.24) is 14.5 Å². The smallest absolute Gasteiger partial charge is 0.254 e. The normalized spacial score (nSPS) is 11.1. The van der Waals surface area contributed by atoms with Crippen LogP contribution in [0.25, 0.3) is 11.0 Å². The van der Waals surface area contributed by atoms with E-state index in [0.717, 1.165) is 49.1 Å². The Balaban J connectivity index is 1.93. The molecule has 0 aliphatic carbocycles. The largest absolute Gasteiger partial charge is 0.331 e.